The van der Waals surface area contributed by atoms with E-state index in [2.05, 4.69) is 30.5 Å². The molecular formula is C16H14N6O2S2. The van der Waals surface area contributed by atoms with E-state index < -0.39 is 0 Å². The van der Waals surface area contributed by atoms with Crippen molar-refractivity contribution in [3.63, 3.8) is 0 Å². The van der Waals surface area contributed by atoms with Gasteiger partial charge in [0.15, 0.2) is 16.0 Å². The van der Waals surface area contributed by atoms with Gasteiger partial charge in [0, 0.05) is 5.38 Å². The fourth-order valence-electron chi connectivity index (χ4n) is 2.35. The minimum absolute atomic E-state index is 0.163. The van der Waals surface area contributed by atoms with Gasteiger partial charge in [-0.15, -0.1) is 11.3 Å². The highest BCUT2D eigenvalue weighted by Crippen LogP contribution is 2.29. The van der Waals surface area contributed by atoms with Crippen LogP contribution >= 0.6 is 22.7 Å². The molecular weight excluding hydrogens is 372 g/mol. The van der Waals surface area contributed by atoms with Gasteiger partial charge in [0.2, 0.25) is 5.91 Å². The van der Waals surface area contributed by atoms with Crippen LogP contribution in [0, 0.1) is 0 Å². The molecule has 1 amide bonds. The number of hydrogen-bond acceptors (Lipinski definition) is 8. The molecule has 3 heterocycles. The van der Waals surface area contributed by atoms with Crippen molar-refractivity contribution in [2.75, 3.05) is 11.9 Å². The van der Waals surface area contributed by atoms with Crippen LogP contribution in [0.3, 0.4) is 0 Å². The molecule has 0 fully saturated rings. The molecule has 26 heavy (non-hydrogen) atoms. The van der Waals surface area contributed by atoms with Crippen molar-refractivity contribution in [3.05, 3.63) is 35.6 Å². The van der Waals surface area contributed by atoms with Crippen LogP contribution < -0.4 is 10.1 Å². The van der Waals surface area contributed by atoms with Crippen LogP contribution in [0.1, 0.15) is 12.6 Å². The number of amides is 1. The van der Waals surface area contributed by atoms with Gasteiger partial charge in [0.1, 0.15) is 12.1 Å². The highest BCUT2D eigenvalue weighted by molar-refractivity contribution is 7.22. The Morgan fingerprint density at radius 2 is 2.27 bits per heavy atom. The Balaban J connectivity index is 1.44. The first kappa shape index (κ1) is 16.6. The van der Waals surface area contributed by atoms with Gasteiger partial charge in [-0.3, -0.25) is 9.89 Å². The highest BCUT2D eigenvalue weighted by atomic mass is 32.1. The molecule has 8 nitrogen and oxygen atoms in total. The molecule has 4 rings (SSSR count). The summed E-state index contributed by atoms with van der Waals surface area (Å²) in [7, 11) is 0. The van der Waals surface area contributed by atoms with Gasteiger partial charge in [-0.1, -0.05) is 11.3 Å². The largest absolute Gasteiger partial charge is 0.494 e. The summed E-state index contributed by atoms with van der Waals surface area (Å²) in [6.45, 7) is 2.55. The normalized spacial score (nSPS) is 11.0. The van der Waals surface area contributed by atoms with E-state index in [-0.39, 0.29) is 12.3 Å². The first-order valence-corrected chi connectivity index (χ1v) is 9.54. The minimum Gasteiger partial charge on any atom is -0.494 e. The highest BCUT2D eigenvalue weighted by Gasteiger charge is 2.13. The molecule has 2 N–H and O–H groups in total. The van der Waals surface area contributed by atoms with Crippen LogP contribution in [0.25, 0.3) is 21.0 Å². The standard InChI is InChI=1S/C16H14N6O2S2/c1-2-24-10-3-4-11-12(6-10)26-16(20-11)21-13(23)5-9-7-25-15(19-9)14-17-8-18-22-14/h3-4,6-8H,2,5H2,1H3,(H,17,18,22)(H,20,21,23). The maximum Gasteiger partial charge on any atom is 0.232 e. The average molecular weight is 386 g/mol. The number of nitrogens with one attached hydrogen (secondary N) is 2. The van der Waals surface area contributed by atoms with E-state index in [0.29, 0.717) is 28.3 Å². The number of aromatic nitrogens is 5. The number of carbonyl (C=O) groups is 1. The fourth-order valence-corrected chi connectivity index (χ4v) is 4.02. The predicted octanol–water partition coefficient (Wildman–Crippen LogP) is 3.12. The molecule has 0 aliphatic heterocycles. The summed E-state index contributed by atoms with van der Waals surface area (Å²) in [5, 5.41) is 12.5. The third kappa shape index (κ3) is 3.55. The van der Waals surface area contributed by atoms with E-state index in [1.54, 1.807) is 0 Å². The molecule has 10 heteroatoms. The van der Waals surface area contributed by atoms with E-state index in [0.717, 1.165) is 16.0 Å². The lowest BCUT2D eigenvalue weighted by Gasteiger charge is -2.00. The zero-order valence-electron chi connectivity index (χ0n) is 13.7. The second-order valence-corrected chi connectivity index (χ2v) is 7.17. The fraction of sp³-hybridized carbons (Fsp3) is 0.188. The number of ether oxygens (including phenoxy) is 1. The molecule has 0 atom stereocenters. The smallest absolute Gasteiger partial charge is 0.232 e. The van der Waals surface area contributed by atoms with Crippen LogP contribution in [-0.2, 0) is 11.2 Å². The number of fused-ring (bicyclic) bond motifs is 1. The van der Waals surface area contributed by atoms with Crippen molar-refractivity contribution < 1.29 is 9.53 Å². The van der Waals surface area contributed by atoms with Crippen molar-refractivity contribution in [2.24, 2.45) is 0 Å². The third-order valence-corrected chi connectivity index (χ3v) is 5.26. The van der Waals surface area contributed by atoms with Crippen LogP contribution in [0.2, 0.25) is 0 Å². The zero-order chi connectivity index (χ0) is 17.9. The van der Waals surface area contributed by atoms with Crippen molar-refractivity contribution in [3.8, 4) is 16.6 Å². The number of hydrogen-bond donors (Lipinski definition) is 2. The molecule has 0 aliphatic carbocycles. The average Bonchev–Trinajstić information content (AvgIpc) is 3.34. The van der Waals surface area contributed by atoms with Crippen LogP contribution in [0.15, 0.2) is 29.9 Å². The zero-order valence-corrected chi connectivity index (χ0v) is 15.4. The molecule has 0 unspecified atom stereocenters. The Labute approximate surface area is 156 Å². The molecule has 4 aromatic rings. The van der Waals surface area contributed by atoms with Gasteiger partial charge in [-0.2, -0.15) is 5.10 Å². The summed E-state index contributed by atoms with van der Waals surface area (Å²) in [4.78, 5) is 25.2. The number of carbonyl (C=O) groups excluding carboxylic acids is 1. The molecule has 0 saturated heterocycles. The summed E-state index contributed by atoms with van der Waals surface area (Å²) in [6, 6.07) is 5.68. The monoisotopic (exact) mass is 386 g/mol. The summed E-state index contributed by atoms with van der Waals surface area (Å²) in [6.07, 6.45) is 1.60. The second-order valence-electron chi connectivity index (χ2n) is 5.28. The molecule has 3 aromatic heterocycles. The second kappa shape index (κ2) is 7.18. The van der Waals surface area contributed by atoms with Crippen LogP contribution in [0.4, 0.5) is 5.13 Å². The SMILES string of the molecule is CCOc1ccc2nc(NC(=O)Cc3csc(-c4ncn[nH]4)n3)sc2c1. The lowest BCUT2D eigenvalue weighted by atomic mass is 10.3. The maximum absolute atomic E-state index is 12.3. The van der Waals surface area contributed by atoms with Gasteiger partial charge in [-0.25, -0.2) is 15.0 Å². The molecule has 132 valence electrons. The van der Waals surface area contributed by atoms with Gasteiger partial charge in [0.05, 0.1) is 28.9 Å². The minimum atomic E-state index is -0.163. The maximum atomic E-state index is 12.3. The molecule has 1 aromatic carbocycles. The van der Waals surface area contributed by atoms with Gasteiger partial charge < -0.3 is 10.1 Å². The summed E-state index contributed by atoms with van der Waals surface area (Å²) >= 11 is 2.83. The summed E-state index contributed by atoms with van der Waals surface area (Å²) < 4.78 is 6.45. The molecule has 0 bridgehead atoms. The number of rotatable bonds is 6. The number of anilines is 1. The molecule has 0 aliphatic rings. The number of benzene rings is 1. The first-order valence-electron chi connectivity index (χ1n) is 7.84. The van der Waals surface area contributed by atoms with Gasteiger partial charge >= 0.3 is 0 Å². The van der Waals surface area contributed by atoms with Gasteiger partial charge in [-0.05, 0) is 25.1 Å². The van der Waals surface area contributed by atoms with E-state index in [9.17, 15) is 4.79 Å². The van der Waals surface area contributed by atoms with Crippen LogP contribution in [0.5, 0.6) is 5.75 Å². The number of nitrogens with zero attached hydrogens (tertiary/aromatic N) is 4. The van der Waals surface area contributed by atoms with E-state index >= 15 is 0 Å². The van der Waals surface area contributed by atoms with Crippen molar-refractivity contribution >= 4 is 43.9 Å². The Hall–Kier alpha value is -2.85. The molecule has 0 spiro atoms. The van der Waals surface area contributed by atoms with E-state index in [4.69, 9.17) is 4.74 Å². The van der Waals surface area contributed by atoms with Crippen molar-refractivity contribution in [2.45, 2.75) is 13.3 Å². The number of H-pyrrole nitrogens is 1. The number of aromatic amines is 1. The Morgan fingerprint density at radius 1 is 1.35 bits per heavy atom. The lowest BCUT2D eigenvalue weighted by Crippen LogP contribution is -2.14. The molecule has 0 radical (unpaired) electrons. The van der Waals surface area contributed by atoms with E-state index in [1.807, 2.05) is 30.5 Å². The Bertz CT molecular complexity index is 1040. The third-order valence-electron chi connectivity index (χ3n) is 3.43. The van der Waals surface area contributed by atoms with Gasteiger partial charge in [0.25, 0.3) is 0 Å². The first-order chi connectivity index (χ1) is 12.7. The Kier molecular flexibility index (Phi) is 4.59. The lowest BCUT2D eigenvalue weighted by molar-refractivity contribution is -0.115. The topological polar surface area (TPSA) is 106 Å². The van der Waals surface area contributed by atoms with Crippen LogP contribution in [-0.4, -0.2) is 37.7 Å². The quantitative estimate of drug-likeness (QED) is 0.527. The summed E-state index contributed by atoms with van der Waals surface area (Å²) in [5.74, 6) is 1.23. The molecule has 0 saturated carbocycles. The van der Waals surface area contributed by atoms with Crippen molar-refractivity contribution in [1.82, 2.24) is 25.1 Å². The Morgan fingerprint density at radius 3 is 3.08 bits per heavy atom. The number of thiazole rings is 2. The predicted molar refractivity (Wildman–Crippen MR) is 101 cm³/mol. The van der Waals surface area contributed by atoms with Crippen molar-refractivity contribution in [1.29, 1.82) is 0 Å². The van der Waals surface area contributed by atoms with E-state index in [1.165, 1.54) is 29.0 Å². The summed E-state index contributed by atoms with van der Waals surface area (Å²) in [5.41, 5.74) is 1.51.